The van der Waals surface area contributed by atoms with E-state index >= 15 is 0 Å². The zero-order chi connectivity index (χ0) is 8.27. The number of nitrogen functional groups attached to an aromatic ring is 1. The van der Waals surface area contributed by atoms with Crippen molar-refractivity contribution in [3.63, 3.8) is 0 Å². The third-order valence-electron chi connectivity index (χ3n) is 1.23. The molecule has 1 aromatic heterocycles. The van der Waals surface area contributed by atoms with Crippen molar-refractivity contribution in [1.29, 1.82) is 0 Å². The van der Waals surface area contributed by atoms with Gasteiger partial charge in [-0.3, -0.25) is 0 Å². The zero-order valence-corrected chi connectivity index (χ0v) is 6.57. The van der Waals surface area contributed by atoms with Gasteiger partial charge in [0.25, 0.3) is 0 Å². The van der Waals surface area contributed by atoms with Gasteiger partial charge in [-0.15, -0.1) is 10.2 Å². The van der Waals surface area contributed by atoms with E-state index in [1.54, 1.807) is 0 Å². The molecule has 0 aliphatic rings. The number of hydrogen-bond acceptors (Lipinski definition) is 4. The highest BCUT2D eigenvalue weighted by atomic mass is 15.2. The summed E-state index contributed by atoms with van der Waals surface area (Å²) in [4.78, 5) is 3.98. The van der Waals surface area contributed by atoms with E-state index < -0.39 is 0 Å². The van der Waals surface area contributed by atoms with Crippen molar-refractivity contribution in [2.24, 2.45) is 0 Å². The second kappa shape index (κ2) is 3.09. The van der Waals surface area contributed by atoms with E-state index in [1.807, 2.05) is 26.0 Å². The molecule has 0 amide bonds. The van der Waals surface area contributed by atoms with E-state index in [4.69, 9.17) is 5.73 Å². The van der Waals surface area contributed by atoms with E-state index in [-0.39, 0.29) is 5.95 Å². The van der Waals surface area contributed by atoms with Crippen LogP contribution in [0.4, 0.5) is 5.95 Å². The third kappa shape index (κ3) is 1.73. The Morgan fingerprint density at radius 1 is 1.36 bits per heavy atom. The predicted molar refractivity (Wildman–Crippen MR) is 43.7 cm³/mol. The third-order valence-corrected chi connectivity index (χ3v) is 1.23. The van der Waals surface area contributed by atoms with Crippen molar-refractivity contribution < 1.29 is 0 Å². The second-order valence-electron chi connectivity index (χ2n) is 2.14. The van der Waals surface area contributed by atoms with Gasteiger partial charge < -0.3 is 5.73 Å². The summed E-state index contributed by atoms with van der Waals surface area (Å²) in [5.74, 6) is 0.212. The van der Waals surface area contributed by atoms with Crippen molar-refractivity contribution in [3.05, 3.63) is 17.5 Å². The van der Waals surface area contributed by atoms with Crippen LogP contribution in [-0.4, -0.2) is 15.2 Å². The highest BCUT2D eigenvalue weighted by Crippen LogP contribution is 2.02. The number of hydrogen-bond donors (Lipinski definition) is 1. The fourth-order valence-electron chi connectivity index (χ4n) is 0.720. The monoisotopic (exact) mass is 150 g/mol. The molecule has 2 N–H and O–H groups in total. The lowest BCUT2D eigenvalue weighted by Gasteiger charge is -1.96. The maximum Gasteiger partial charge on any atom is 0.240 e. The van der Waals surface area contributed by atoms with Crippen LogP contribution in [0, 0.1) is 6.92 Å². The smallest absolute Gasteiger partial charge is 0.240 e. The van der Waals surface area contributed by atoms with Gasteiger partial charge in [0.1, 0.15) is 0 Å². The summed E-state index contributed by atoms with van der Waals surface area (Å²) in [6.07, 6.45) is 3.73. The average molecular weight is 150 g/mol. The molecule has 1 heterocycles. The molecular formula is C7H10N4. The van der Waals surface area contributed by atoms with E-state index in [9.17, 15) is 0 Å². The number of anilines is 1. The minimum Gasteiger partial charge on any atom is -0.366 e. The van der Waals surface area contributed by atoms with Crippen LogP contribution in [0.15, 0.2) is 6.08 Å². The highest BCUT2D eigenvalue weighted by Gasteiger charge is 1.97. The van der Waals surface area contributed by atoms with Gasteiger partial charge in [-0.25, -0.2) is 4.98 Å². The van der Waals surface area contributed by atoms with Crippen molar-refractivity contribution in [2.75, 3.05) is 5.73 Å². The van der Waals surface area contributed by atoms with E-state index in [1.165, 1.54) is 0 Å². The average Bonchev–Trinajstić information content (AvgIpc) is 1.98. The Morgan fingerprint density at radius 3 is 2.73 bits per heavy atom. The van der Waals surface area contributed by atoms with Gasteiger partial charge in [0, 0.05) is 0 Å². The predicted octanol–water partition coefficient (Wildman–Crippen LogP) is 0.795. The Kier molecular flexibility index (Phi) is 2.15. The summed E-state index contributed by atoms with van der Waals surface area (Å²) in [5.41, 5.74) is 6.91. The topological polar surface area (TPSA) is 64.7 Å². The van der Waals surface area contributed by atoms with Gasteiger partial charge in [0.05, 0.1) is 11.4 Å². The van der Waals surface area contributed by atoms with E-state index in [0.717, 1.165) is 11.4 Å². The highest BCUT2D eigenvalue weighted by molar-refractivity contribution is 5.47. The fourth-order valence-corrected chi connectivity index (χ4v) is 0.720. The summed E-state index contributed by atoms with van der Waals surface area (Å²) in [6, 6.07) is 0. The van der Waals surface area contributed by atoms with E-state index in [0.29, 0.717) is 0 Å². The van der Waals surface area contributed by atoms with Gasteiger partial charge in [-0.1, -0.05) is 6.08 Å². The first-order valence-corrected chi connectivity index (χ1v) is 3.33. The number of aromatic nitrogens is 3. The van der Waals surface area contributed by atoms with Crippen LogP contribution in [0.1, 0.15) is 18.3 Å². The molecule has 4 nitrogen and oxygen atoms in total. The first kappa shape index (κ1) is 7.65. The molecule has 0 saturated carbocycles. The number of aryl methyl sites for hydroxylation is 1. The lowest BCUT2D eigenvalue weighted by molar-refractivity contribution is 0.931. The first-order valence-electron chi connectivity index (χ1n) is 3.33. The quantitative estimate of drug-likeness (QED) is 0.643. The number of rotatable bonds is 1. The van der Waals surface area contributed by atoms with Crippen LogP contribution in [-0.2, 0) is 0 Å². The molecule has 0 aliphatic heterocycles. The molecule has 0 saturated heterocycles. The molecule has 4 heteroatoms. The zero-order valence-electron chi connectivity index (χ0n) is 6.57. The SMILES string of the molecule is C/C=C/c1nc(N)nnc1C. The lowest BCUT2D eigenvalue weighted by atomic mass is 10.3. The van der Waals surface area contributed by atoms with E-state index in [2.05, 4.69) is 15.2 Å². The van der Waals surface area contributed by atoms with Crippen LogP contribution in [0.3, 0.4) is 0 Å². The minimum atomic E-state index is 0.212. The van der Waals surface area contributed by atoms with Crippen LogP contribution < -0.4 is 5.73 Å². The van der Waals surface area contributed by atoms with Gasteiger partial charge in [-0.2, -0.15) is 0 Å². The van der Waals surface area contributed by atoms with Crippen LogP contribution >= 0.6 is 0 Å². The molecule has 0 aromatic carbocycles. The van der Waals surface area contributed by atoms with Gasteiger partial charge >= 0.3 is 0 Å². The molecule has 0 spiro atoms. The molecule has 0 unspecified atom stereocenters. The summed E-state index contributed by atoms with van der Waals surface area (Å²) in [6.45, 7) is 3.76. The Bertz CT molecular complexity index is 280. The van der Waals surface area contributed by atoms with Gasteiger partial charge in [0.15, 0.2) is 0 Å². The Labute approximate surface area is 65.2 Å². The maximum atomic E-state index is 5.34. The Hall–Kier alpha value is -1.45. The Morgan fingerprint density at radius 2 is 2.09 bits per heavy atom. The van der Waals surface area contributed by atoms with Crippen molar-refractivity contribution in [2.45, 2.75) is 13.8 Å². The molecule has 0 radical (unpaired) electrons. The molecule has 58 valence electrons. The van der Waals surface area contributed by atoms with Crippen molar-refractivity contribution in [1.82, 2.24) is 15.2 Å². The number of nitrogens with zero attached hydrogens (tertiary/aromatic N) is 3. The second-order valence-corrected chi connectivity index (χ2v) is 2.14. The fraction of sp³-hybridized carbons (Fsp3) is 0.286. The molecule has 11 heavy (non-hydrogen) atoms. The lowest BCUT2D eigenvalue weighted by Crippen LogP contribution is -2.01. The summed E-state index contributed by atoms with van der Waals surface area (Å²) in [7, 11) is 0. The summed E-state index contributed by atoms with van der Waals surface area (Å²) in [5, 5.41) is 7.41. The van der Waals surface area contributed by atoms with Crippen molar-refractivity contribution in [3.8, 4) is 0 Å². The van der Waals surface area contributed by atoms with Crippen LogP contribution in [0.2, 0.25) is 0 Å². The first-order chi connectivity index (χ1) is 5.24. The van der Waals surface area contributed by atoms with Gasteiger partial charge in [-0.05, 0) is 19.9 Å². The van der Waals surface area contributed by atoms with Gasteiger partial charge in [0.2, 0.25) is 5.95 Å². The number of allylic oxidation sites excluding steroid dienone is 1. The molecule has 1 rings (SSSR count). The van der Waals surface area contributed by atoms with Crippen molar-refractivity contribution >= 4 is 12.0 Å². The normalized spacial score (nSPS) is 10.7. The van der Waals surface area contributed by atoms with Crippen LogP contribution in [0.25, 0.3) is 6.08 Å². The minimum absolute atomic E-state index is 0.212. The maximum absolute atomic E-state index is 5.34. The number of nitrogens with two attached hydrogens (primary N) is 1. The molecule has 0 aliphatic carbocycles. The molecule has 1 aromatic rings. The molecule has 0 bridgehead atoms. The summed E-state index contributed by atoms with van der Waals surface area (Å²) < 4.78 is 0. The largest absolute Gasteiger partial charge is 0.366 e. The standard InChI is InChI=1S/C7H10N4/c1-3-4-6-5(2)10-11-7(8)9-6/h3-4H,1-2H3,(H2,8,9,11)/b4-3+. The molecule has 0 atom stereocenters. The molecular weight excluding hydrogens is 140 g/mol. The summed E-state index contributed by atoms with van der Waals surface area (Å²) >= 11 is 0. The molecule has 0 fully saturated rings. The van der Waals surface area contributed by atoms with Crippen LogP contribution in [0.5, 0.6) is 0 Å². The Balaban J connectivity index is 3.12.